The fourth-order valence-electron chi connectivity index (χ4n) is 3.71. The smallest absolute Gasteiger partial charge is 0.368 e. The van der Waals surface area contributed by atoms with Crippen molar-refractivity contribution in [3.63, 3.8) is 0 Å². The molecule has 2 heterocycles. The zero-order chi connectivity index (χ0) is 22.0. The normalized spacial score (nSPS) is 16.2. The van der Waals surface area contributed by atoms with E-state index in [1.165, 1.54) is 12.1 Å². The summed E-state index contributed by atoms with van der Waals surface area (Å²) in [5, 5.41) is 13.2. The molecule has 1 aliphatic heterocycles. The van der Waals surface area contributed by atoms with E-state index in [1.807, 2.05) is 25.1 Å². The number of nitrogens with zero attached hydrogens (tertiary/aromatic N) is 5. The van der Waals surface area contributed by atoms with Gasteiger partial charge >= 0.3 is 6.18 Å². The molecule has 1 aromatic heterocycles. The Morgan fingerprint density at radius 1 is 1.06 bits per heavy atom. The van der Waals surface area contributed by atoms with Crippen molar-refractivity contribution in [1.29, 1.82) is 5.26 Å². The number of aromatic nitrogens is 2. The highest BCUT2D eigenvalue weighted by Crippen LogP contribution is 2.32. The summed E-state index contributed by atoms with van der Waals surface area (Å²) < 4.78 is 44.3. The molecule has 0 N–H and O–H groups in total. The molecule has 1 unspecified atom stereocenters. The van der Waals surface area contributed by atoms with Crippen molar-refractivity contribution in [1.82, 2.24) is 15.0 Å². The third kappa shape index (κ3) is 4.39. The van der Waals surface area contributed by atoms with Crippen molar-refractivity contribution in [2.45, 2.75) is 19.1 Å². The first-order valence-corrected chi connectivity index (χ1v) is 9.86. The first kappa shape index (κ1) is 20.9. The quantitative estimate of drug-likeness (QED) is 0.610. The standard InChI is InChI=1S/C22H20F3N5O/c1-15(29-9-11-30(12-10-29)19-8-3-2-5-17(19)14-26)21-27-20(28-31-21)16-6-4-7-18(13-16)22(23,24)25/h2-8,13,15H,9-12H2,1H3. The van der Waals surface area contributed by atoms with Crippen molar-refractivity contribution in [3.05, 3.63) is 65.5 Å². The van der Waals surface area contributed by atoms with Gasteiger partial charge in [-0.25, -0.2) is 0 Å². The van der Waals surface area contributed by atoms with Crippen LogP contribution in [0.1, 0.15) is 30.0 Å². The van der Waals surface area contributed by atoms with E-state index in [4.69, 9.17) is 4.52 Å². The summed E-state index contributed by atoms with van der Waals surface area (Å²) in [7, 11) is 0. The molecule has 1 fully saturated rings. The molecule has 9 heteroatoms. The maximum Gasteiger partial charge on any atom is 0.416 e. The predicted octanol–water partition coefficient (Wildman–Crippen LogP) is 4.51. The van der Waals surface area contributed by atoms with Gasteiger partial charge in [-0.15, -0.1) is 0 Å². The third-order valence-electron chi connectivity index (χ3n) is 5.47. The van der Waals surface area contributed by atoms with E-state index in [2.05, 4.69) is 26.0 Å². The third-order valence-corrected chi connectivity index (χ3v) is 5.47. The minimum Gasteiger partial charge on any atom is -0.368 e. The number of anilines is 1. The van der Waals surface area contributed by atoms with Crippen LogP contribution in [-0.4, -0.2) is 41.2 Å². The SMILES string of the molecule is CC(c1nc(-c2cccc(C(F)(F)F)c2)no1)N1CCN(c2ccccc2C#N)CC1. The molecule has 0 spiro atoms. The first-order valence-electron chi connectivity index (χ1n) is 9.86. The molecule has 0 aliphatic carbocycles. The van der Waals surface area contributed by atoms with Crippen LogP contribution in [0.5, 0.6) is 0 Å². The van der Waals surface area contributed by atoms with Gasteiger partial charge in [0.15, 0.2) is 0 Å². The molecule has 1 atom stereocenters. The molecule has 31 heavy (non-hydrogen) atoms. The number of para-hydroxylation sites is 1. The van der Waals surface area contributed by atoms with Gasteiger partial charge < -0.3 is 9.42 Å². The largest absolute Gasteiger partial charge is 0.416 e. The maximum absolute atomic E-state index is 13.0. The van der Waals surface area contributed by atoms with Crippen molar-refractivity contribution < 1.29 is 17.7 Å². The topological polar surface area (TPSA) is 69.2 Å². The molecule has 160 valence electrons. The van der Waals surface area contributed by atoms with Gasteiger partial charge in [-0.05, 0) is 31.2 Å². The van der Waals surface area contributed by atoms with Crippen molar-refractivity contribution in [2.24, 2.45) is 0 Å². The van der Waals surface area contributed by atoms with Gasteiger partial charge in [0.1, 0.15) is 6.07 Å². The number of alkyl halides is 3. The number of nitriles is 1. The molecule has 0 saturated carbocycles. The molecule has 0 radical (unpaired) electrons. The molecule has 4 rings (SSSR count). The van der Waals surface area contributed by atoms with Crippen LogP contribution in [0, 0.1) is 11.3 Å². The lowest BCUT2D eigenvalue weighted by Crippen LogP contribution is -2.47. The Morgan fingerprint density at radius 3 is 2.52 bits per heavy atom. The lowest BCUT2D eigenvalue weighted by Gasteiger charge is -2.38. The Kier molecular flexibility index (Phi) is 5.65. The second kappa shape index (κ2) is 8.40. The minimum atomic E-state index is -4.43. The Bertz CT molecular complexity index is 1100. The molecular formula is C22H20F3N5O. The number of piperazine rings is 1. The average molecular weight is 427 g/mol. The molecule has 1 aliphatic rings. The summed E-state index contributed by atoms with van der Waals surface area (Å²) in [5.74, 6) is 0.493. The van der Waals surface area contributed by atoms with E-state index < -0.39 is 11.7 Å². The summed E-state index contributed by atoms with van der Waals surface area (Å²) in [6.45, 7) is 4.85. The van der Waals surface area contributed by atoms with Gasteiger partial charge in [-0.1, -0.05) is 29.4 Å². The zero-order valence-electron chi connectivity index (χ0n) is 16.8. The first-order chi connectivity index (χ1) is 14.9. The van der Waals surface area contributed by atoms with Gasteiger partial charge in [0, 0.05) is 31.7 Å². The summed E-state index contributed by atoms with van der Waals surface area (Å²) in [5.41, 5.74) is 1.07. The van der Waals surface area contributed by atoms with Crippen molar-refractivity contribution >= 4 is 5.69 Å². The number of benzene rings is 2. The van der Waals surface area contributed by atoms with E-state index in [0.29, 0.717) is 11.5 Å². The zero-order valence-corrected chi connectivity index (χ0v) is 16.8. The van der Waals surface area contributed by atoms with Gasteiger partial charge in [-0.2, -0.15) is 23.4 Å². The van der Waals surface area contributed by atoms with Gasteiger partial charge in [-0.3, -0.25) is 4.90 Å². The maximum atomic E-state index is 13.0. The van der Waals surface area contributed by atoms with Crippen LogP contribution in [0.4, 0.5) is 18.9 Å². The van der Waals surface area contributed by atoms with Crippen LogP contribution in [0.25, 0.3) is 11.4 Å². The molecule has 0 amide bonds. The summed E-state index contributed by atoms with van der Waals surface area (Å²) in [6.07, 6.45) is -4.43. The molecule has 1 saturated heterocycles. The Labute approximate surface area is 177 Å². The van der Waals surface area contributed by atoms with E-state index in [0.717, 1.165) is 44.0 Å². The van der Waals surface area contributed by atoms with Crippen LogP contribution in [0.3, 0.4) is 0 Å². The summed E-state index contributed by atoms with van der Waals surface area (Å²) in [6, 6.07) is 14.4. The fraction of sp³-hybridized carbons (Fsp3) is 0.318. The highest BCUT2D eigenvalue weighted by Gasteiger charge is 2.31. The molecule has 0 bridgehead atoms. The van der Waals surface area contributed by atoms with E-state index >= 15 is 0 Å². The van der Waals surface area contributed by atoms with Crippen molar-refractivity contribution in [3.8, 4) is 17.5 Å². The lowest BCUT2D eigenvalue weighted by molar-refractivity contribution is -0.137. The van der Waals surface area contributed by atoms with Crippen LogP contribution in [-0.2, 0) is 6.18 Å². The summed E-state index contributed by atoms with van der Waals surface area (Å²) in [4.78, 5) is 8.69. The van der Waals surface area contributed by atoms with E-state index in [9.17, 15) is 18.4 Å². The highest BCUT2D eigenvalue weighted by atomic mass is 19.4. The molecular weight excluding hydrogens is 407 g/mol. The Hall–Kier alpha value is -3.38. The molecule has 6 nitrogen and oxygen atoms in total. The summed E-state index contributed by atoms with van der Waals surface area (Å²) >= 11 is 0. The Morgan fingerprint density at radius 2 is 1.81 bits per heavy atom. The monoisotopic (exact) mass is 427 g/mol. The second-order valence-corrected chi connectivity index (χ2v) is 7.36. The fourth-order valence-corrected chi connectivity index (χ4v) is 3.71. The van der Waals surface area contributed by atoms with E-state index in [1.54, 1.807) is 6.07 Å². The van der Waals surface area contributed by atoms with Crippen LogP contribution in [0.2, 0.25) is 0 Å². The van der Waals surface area contributed by atoms with Gasteiger partial charge in [0.05, 0.1) is 22.9 Å². The Balaban J connectivity index is 1.44. The average Bonchev–Trinajstić information content (AvgIpc) is 3.28. The van der Waals surface area contributed by atoms with Crippen LogP contribution >= 0.6 is 0 Å². The second-order valence-electron chi connectivity index (χ2n) is 7.36. The number of rotatable bonds is 4. The lowest BCUT2D eigenvalue weighted by atomic mass is 10.1. The number of halogens is 3. The number of hydrogen-bond acceptors (Lipinski definition) is 6. The van der Waals surface area contributed by atoms with Crippen LogP contribution in [0.15, 0.2) is 53.1 Å². The number of hydrogen-bond donors (Lipinski definition) is 0. The van der Waals surface area contributed by atoms with Crippen molar-refractivity contribution in [2.75, 3.05) is 31.1 Å². The van der Waals surface area contributed by atoms with Gasteiger partial charge in [0.2, 0.25) is 11.7 Å². The predicted molar refractivity (Wildman–Crippen MR) is 108 cm³/mol. The molecule has 2 aromatic carbocycles. The highest BCUT2D eigenvalue weighted by molar-refractivity contribution is 5.59. The minimum absolute atomic E-state index is 0.134. The van der Waals surface area contributed by atoms with Gasteiger partial charge in [0.25, 0.3) is 0 Å². The molecule has 3 aromatic rings. The van der Waals surface area contributed by atoms with Crippen LogP contribution < -0.4 is 4.90 Å². The van der Waals surface area contributed by atoms with E-state index in [-0.39, 0.29) is 17.4 Å².